The number of aromatic nitrogens is 2. The number of anilines is 1. The van der Waals surface area contributed by atoms with E-state index in [4.69, 9.17) is 5.73 Å². The van der Waals surface area contributed by atoms with Crippen molar-refractivity contribution < 1.29 is 13.2 Å². The Bertz CT molecular complexity index is 565. The van der Waals surface area contributed by atoms with Crippen LogP contribution < -0.4 is 5.73 Å². The average molecular weight is 255 g/mol. The molecule has 0 atom stereocenters. The van der Waals surface area contributed by atoms with Gasteiger partial charge in [-0.2, -0.15) is 13.2 Å². The molecule has 1 aromatic heterocycles. The largest absolute Gasteiger partial charge is 0.416 e. The Balaban J connectivity index is 2.63. The summed E-state index contributed by atoms with van der Waals surface area (Å²) in [6.45, 7) is 3.50. The molecule has 0 amide bonds. The molecule has 0 aliphatic heterocycles. The van der Waals surface area contributed by atoms with E-state index in [0.29, 0.717) is 11.5 Å². The third kappa shape index (κ3) is 2.18. The second-order valence-corrected chi connectivity index (χ2v) is 4.09. The van der Waals surface area contributed by atoms with Crippen molar-refractivity contribution in [2.75, 3.05) is 5.73 Å². The Hall–Kier alpha value is -1.98. The number of alkyl halides is 3. The predicted molar refractivity (Wildman–Crippen MR) is 62.5 cm³/mol. The van der Waals surface area contributed by atoms with Crippen molar-refractivity contribution in [3.8, 4) is 5.69 Å². The van der Waals surface area contributed by atoms with Crippen molar-refractivity contribution >= 4 is 5.69 Å². The summed E-state index contributed by atoms with van der Waals surface area (Å²) in [6, 6.07) is 3.49. The molecule has 0 aliphatic carbocycles. The van der Waals surface area contributed by atoms with E-state index in [1.54, 1.807) is 24.6 Å². The van der Waals surface area contributed by atoms with Crippen LogP contribution in [-0.2, 0) is 6.18 Å². The van der Waals surface area contributed by atoms with Gasteiger partial charge in [0.25, 0.3) is 0 Å². The van der Waals surface area contributed by atoms with E-state index in [-0.39, 0.29) is 5.69 Å². The maximum absolute atomic E-state index is 12.7. The Morgan fingerprint density at radius 1 is 1.17 bits per heavy atom. The number of nitrogens with zero attached hydrogens (tertiary/aromatic N) is 2. The highest BCUT2D eigenvalue weighted by Crippen LogP contribution is 2.32. The van der Waals surface area contributed by atoms with Gasteiger partial charge in [-0.05, 0) is 32.0 Å². The van der Waals surface area contributed by atoms with Crippen LogP contribution in [0.5, 0.6) is 0 Å². The molecular formula is C12H12F3N3. The zero-order chi connectivity index (χ0) is 13.5. The fourth-order valence-corrected chi connectivity index (χ4v) is 1.88. The number of imidazole rings is 1. The molecule has 0 fully saturated rings. The fraction of sp³-hybridized carbons (Fsp3) is 0.250. The van der Waals surface area contributed by atoms with Gasteiger partial charge < -0.3 is 10.3 Å². The lowest BCUT2D eigenvalue weighted by Crippen LogP contribution is -2.08. The number of hydrogen-bond acceptors (Lipinski definition) is 2. The van der Waals surface area contributed by atoms with E-state index in [1.165, 1.54) is 6.07 Å². The summed E-state index contributed by atoms with van der Waals surface area (Å²) in [5, 5.41) is 0. The fourth-order valence-electron chi connectivity index (χ4n) is 1.88. The maximum Gasteiger partial charge on any atom is 0.416 e. The molecule has 0 radical (unpaired) electrons. The normalized spacial score (nSPS) is 11.8. The molecule has 0 saturated carbocycles. The molecule has 96 valence electrons. The standard InChI is InChI=1S/C12H12F3N3/c1-7-6-17-8(2)18(7)11-4-9(12(13,14)15)3-10(16)5-11/h3-6H,16H2,1-2H3. The summed E-state index contributed by atoms with van der Waals surface area (Å²) in [7, 11) is 0. The Morgan fingerprint density at radius 3 is 2.33 bits per heavy atom. The summed E-state index contributed by atoms with van der Waals surface area (Å²) in [5.74, 6) is 0.617. The van der Waals surface area contributed by atoms with Crippen molar-refractivity contribution in [3.05, 3.63) is 41.5 Å². The summed E-state index contributed by atoms with van der Waals surface area (Å²) in [4.78, 5) is 4.05. The van der Waals surface area contributed by atoms with Gasteiger partial charge in [-0.3, -0.25) is 0 Å². The Kier molecular flexibility index (Phi) is 2.80. The molecule has 6 heteroatoms. The van der Waals surface area contributed by atoms with Crippen LogP contribution >= 0.6 is 0 Å². The van der Waals surface area contributed by atoms with Crippen LogP contribution in [0.4, 0.5) is 18.9 Å². The number of rotatable bonds is 1. The van der Waals surface area contributed by atoms with Crippen LogP contribution in [0.3, 0.4) is 0 Å². The summed E-state index contributed by atoms with van der Waals surface area (Å²) >= 11 is 0. The second kappa shape index (κ2) is 4.04. The number of aryl methyl sites for hydroxylation is 2. The monoisotopic (exact) mass is 255 g/mol. The SMILES string of the molecule is Cc1cnc(C)n1-c1cc(N)cc(C(F)(F)F)c1. The number of halogens is 3. The van der Waals surface area contributed by atoms with Crippen LogP contribution in [-0.4, -0.2) is 9.55 Å². The molecular weight excluding hydrogens is 243 g/mol. The zero-order valence-electron chi connectivity index (χ0n) is 9.92. The lowest BCUT2D eigenvalue weighted by Gasteiger charge is -2.13. The third-order valence-corrected chi connectivity index (χ3v) is 2.64. The quantitative estimate of drug-likeness (QED) is 0.796. The van der Waals surface area contributed by atoms with Gasteiger partial charge in [0.2, 0.25) is 0 Å². The highest BCUT2D eigenvalue weighted by Gasteiger charge is 2.31. The Morgan fingerprint density at radius 2 is 1.83 bits per heavy atom. The van der Waals surface area contributed by atoms with E-state index in [9.17, 15) is 13.2 Å². The van der Waals surface area contributed by atoms with Gasteiger partial charge in [0.15, 0.2) is 0 Å². The lowest BCUT2D eigenvalue weighted by atomic mass is 10.1. The second-order valence-electron chi connectivity index (χ2n) is 4.09. The maximum atomic E-state index is 12.7. The molecule has 2 rings (SSSR count). The topological polar surface area (TPSA) is 43.8 Å². The van der Waals surface area contributed by atoms with Crippen molar-refractivity contribution in [3.63, 3.8) is 0 Å². The molecule has 0 bridgehead atoms. The summed E-state index contributed by atoms with van der Waals surface area (Å²) < 4.78 is 39.8. The average Bonchev–Trinajstić information content (AvgIpc) is 2.56. The van der Waals surface area contributed by atoms with Gasteiger partial charge in [0, 0.05) is 23.3 Å². The molecule has 0 spiro atoms. The van der Waals surface area contributed by atoms with Crippen LogP contribution in [0.25, 0.3) is 5.69 Å². The highest BCUT2D eigenvalue weighted by atomic mass is 19.4. The minimum Gasteiger partial charge on any atom is -0.399 e. The van der Waals surface area contributed by atoms with Crippen LogP contribution in [0.1, 0.15) is 17.1 Å². The van der Waals surface area contributed by atoms with Crippen molar-refractivity contribution in [1.29, 1.82) is 0 Å². The first-order chi connectivity index (χ1) is 8.29. The molecule has 0 aliphatic rings. The van der Waals surface area contributed by atoms with Crippen molar-refractivity contribution in [2.45, 2.75) is 20.0 Å². The molecule has 1 heterocycles. The summed E-state index contributed by atoms with van der Waals surface area (Å²) in [5.41, 5.74) is 5.97. The number of nitrogens with two attached hydrogens (primary N) is 1. The first kappa shape index (κ1) is 12.5. The van der Waals surface area contributed by atoms with Crippen molar-refractivity contribution in [2.24, 2.45) is 0 Å². The van der Waals surface area contributed by atoms with E-state index in [0.717, 1.165) is 17.8 Å². The van der Waals surface area contributed by atoms with Gasteiger partial charge in [-0.25, -0.2) is 4.98 Å². The minimum absolute atomic E-state index is 0.0762. The smallest absolute Gasteiger partial charge is 0.399 e. The van der Waals surface area contributed by atoms with Gasteiger partial charge in [-0.1, -0.05) is 0 Å². The van der Waals surface area contributed by atoms with Gasteiger partial charge in [-0.15, -0.1) is 0 Å². The lowest BCUT2D eigenvalue weighted by molar-refractivity contribution is -0.137. The molecule has 2 aromatic rings. The zero-order valence-corrected chi connectivity index (χ0v) is 9.92. The van der Waals surface area contributed by atoms with Crippen molar-refractivity contribution in [1.82, 2.24) is 9.55 Å². The molecule has 0 unspecified atom stereocenters. The highest BCUT2D eigenvalue weighted by molar-refractivity contribution is 5.52. The van der Waals surface area contributed by atoms with Gasteiger partial charge in [0.05, 0.1) is 5.56 Å². The van der Waals surface area contributed by atoms with Crippen LogP contribution in [0.2, 0.25) is 0 Å². The van der Waals surface area contributed by atoms with E-state index in [2.05, 4.69) is 4.98 Å². The molecule has 0 saturated heterocycles. The molecule has 3 nitrogen and oxygen atoms in total. The van der Waals surface area contributed by atoms with Crippen LogP contribution in [0.15, 0.2) is 24.4 Å². The first-order valence-corrected chi connectivity index (χ1v) is 5.28. The molecule has 2 N–H and O–H groups in total. The third-order valence-electron chi connectivity index (χ3n) is 2.64. The van der Waals surface area contributed by atoms with E-state index < -0.39 is 11.7 Å². The molecule has 1 aromatic carbocycles. The number of hydrogen-bond donors (Lipinski definition) is 1. The molecule has 18 heavy (non-hydrogen) atoms. The Labute approximate surface area is 102 Å². The van der Waals surface area contributed by atoms with E-state index in [1.807, 2.05) is 0 Å². The van der Waals surface area contributed by atoms with Gasteiger partial charge >= 0.3 is 6.18 Å². The number of benzene rings is 1. The first-order valence-electron chi connectivity index (χ1n) is 5.28. The van der Waals surface area contributed by atoms with Crippen LogP contribution in [0, 0.1) is 13.8 Å². The van der Waals surface area contributed by atoms with Gasteiger partial charge in [0.1, 0.15) is 5.82 Å². The minimum atomic E-state index is -4.41. The predicted octanol–water partition coefficient (Wildman–Crippen LogP) is 3.09. The van der Waals surface area contributed by atoms with E-state index >= 15 is 0 Å². The number of nitrogen functional groups attached to an aromatic ring is 1. The summed E-state index contributed by atoms with van der Waals surface area (Å²) in [6.07, 6.45) is -2.81.